The Morgan fingerprint density at radius 3 is 3.18 bits per heavy atom. The second-order valence-electron chi connectivity index (χ2n) is 5.04. The highest BCUT2D eigenvalue weighted by molar-refractivity contribution is 5.90. The van der Waals surface area contributed by atoms with Gasteiger partial charge in [0.25, 0.3) is 0 Å². The minimum absolute atomic E-state index is 0.0212. The van der Waals surface area contributed by atoms with Gasteiger partial charge in [-0.25, -0.2) is 0 Å². The predicted octanol–water partition coefficient (Wildman–Crippen LogP) is 0.972. The number of ether oxygens (including phenoxy) is 1. The summed E-state index contributed by atoms with van der Waals surface area (Å²) in [5, 5.41) is 0. The van der Waals surface area contributed by atoms with Crippen LogP contribution >= 0.6 is 0 Å². The lowest BCUT2D eigenvalue weighted by Gasteiger charge is -2.58. The molecule has 4 nitrogen and oxygen atoms in total. The fraction of sp³-hybridized carbons (Fsp3) is 0.692. The van der Waals surface area contributed by atoms with Gasteiger partial charge in [-0.15, -0.1) is 0 Å². The summed E-state index contributed by atoms with van der Waals surface area (Å²) in [6.07, 6.45) is 5.58. The van der Waals surface area contributed by atoms with Crippen molar-refractivity contribution in [1.29, 1.82) is 0 Å². The summed E-state index contributed by atoms with van der Waals surface area (Å²) in [7, 11) is 0. The van der Waals surface area contributed by atoms with Gasteiger partial charge in [0.1, 0.15) is 0 Å². The van der Waals surface area contributed by atoms with Gasteiger partial charge in [0.15, 0.2) is 0 Å². The third-order valence-electron chi connectivity index (χ3n) is 4.31. The highest BCUT2D eigenvalue weighted by Crippen LogP contribution is 2.51. The second-order valence-corrected chi connectivity index (χ2v) is 5.04. The largest absolute Gasteiger partial charge is 0.466 e. The van der Waals surface area contributed by atoms with Crippen LogP contribution in [-0.2, 0) is 14.3 Å². The van der Waals surface area contributed by atoms with E-state index in [9.17, 15) is 9.59 Å². The summed E-state index contributed by atoms with van der Waals surface area (Å²) >= 11 is 0. The first-order valence-electron chi connectivity index (χ1n) is 6.39. The summed E-state index contributed by atoms with van der Waals surface area (Å²) in [5.74, 6) is 0.517. The molecule has 2 fully saturated rings. The van der Waals surface area contributed by atoms with Gasteiger partial charge >= 0.3 is 5.97 Å². The second kappa shape index (κ2) is 3.86. The van der Waals surface area contributed by atoms with Crippen LogP contribution in [0.1, 0.15) is 19.8 Å². The monoisotopic (exact) mass is 235 g/mol. The van der Waals surface area contributed by atoms with Crippen molar-refractivity contribution < 1.29 is 14.3 Å². The molecule has 0 bridgehead atoms. The maximum absolute atomic E-state index is 11.9. The highest BCUT2D eigenvalue weighted by Gasteiger charge is 2.58. The van der Waals surface area contributed by atoms with Crippen molar-refractivity contribution in [3.63, 3.8) is 0 Å². The summed E-state index contributed by atoms with van der Waals surface area (Å²) in [6.45, 7) is 3.11. The number of hydrogen-bond donors (Lipinski definition) is 0. The number of esters is 1. The topological polar surface area (TPSA) is 46.6 Å². The Balaban J connectivity index is 1.84. The SMILES string of the molecule is CCOC(=O)[C@@H]1[C@@H]2C=CC(=O)N3CCC[C@H]1C23. The van der Waals surface area contributed by atoms with Crippen LogP contribution < -0.4 is 0 Å². The molecule has 1 unspecified atom stereocenters. The fourth-order valence-electron chi connectivity index (χ4n) is 3.64. The van der Waals surface area contributed by atoms with E-state index in [1.807, 2.05) is 17.9 Å². The number of hydrogen-bond acceptors (Lipinski definition) is 3. The molecule has 4 heteroatoms. The van der Waals surface area contributed by atoms with Crippen molar-refractivity contribution in [2.75, 3.05) is 13.2 Å². The van der Waals surface area contributed by atoms with Crippen LogP contribution in [0.3, 0.4) is 0 Å². The van der Waals surface area contributed by atoms with E-state index in [0.717, 1.165) is 19.4 Å². The minimum atomic E-state index is -0.0837. The van der Waals surface area contributed by atoms with Gasteiger partial charge in [-0.1, -0.05) is 6.08 Å². The number of amides is 1. The van der Waals surface area contributed by atoms with Crippen LogP contribution in [0.15, 0.2) is 12.2 Å². The number of piperidine rings is 1. The molecule has 1 saturated heterocycles. The number of nitrogens with zero attached hydrogens (tertiary/aromatic N) is 1. The molecule has 2 aliphatic heterocycles. The van der Waals surface area contributed by atoms with Gasteiger partial charge < -0.3 is 9.64 Å². The Morgan fingerprint density at radius 1 is 1.59 bits per heavy atom. The first-order chi connectivity index (χ1) is 8.24. The number of carbonyl (C=O) groups is 2. The molecule has 1 amide bonds. The molecule has 0 aromatic carbocycles. The van der Waals surface area contributed by atoms with Gasteiger partial charge in [-0.3, -0.25) is 9.59 Å². The lowest BCUT2D eigenvalue weighted by atomic mass is 9.56. The van der Waals surface area contributed by atoms with Crippen molar-refractivity contribution in [3.8, 4) is 0 Å². The van der Waals surface area contributed by atoms with Gasteiger partial charge in [-0.05, 0) is 31.8 Å². The average Bonchev–Trinajstić information content (AvgIpc) is 2.29. The van der Waals surface area contributed by atoms with E-state index < -0.39 is 0 Å². The first-order valence-corrected chi connectivity index (χ1v) is 6.39. The molecule has 1 saturated carbocycles. The molecular formula is C13H17NO3. The Hall–Kier alpha value is -1.32. The maximum Gasteiger partial charge on any atom is 0.309 e. The zero-order valence-corrected chi connectivity index (χ0v) is 9.96. The molecule has 0 spiro atoms. The van der Waals surface area contributed by atoms with E-state index in [1.165, 1.54) is 0 Å². The quantitative estimate of drug-likeness (QED) is 0.670. The normalized spacial score (nSPS) is 38.4. The zero-order chi connectivity index (χ0) is 12.0. The lowest BCUT2D eigenvalue weighted by molar-refractivity contribution is -0.173. The Kier molecular flexibility index (Phi) is 2.45. The van der Waals surface area contributed by atoms with Crippen molar-refractivity contribution in [3.05, 3.63) is 12.2 Å². The molecule has 17 heavy (non-hydrogen) atoms. The molecule has 0 radical (unpaired) electrons. The van der Waals surface area contributed by atoms with Crippen molar-refractivity contribution in [2.24, 2.45) is 17.8 Å². The van der Waals surface area contributed by atoms with Gasteiger partial charge in [0.05, 0.1) is 12.5 Å². The standard InChI is InChI=1S/C13H17NO3/c1-2-17-13(16)11-8-4-3-7-14-10(15)6-5-9(11)12(8)14/h5-6,8-9,11-12H,2-4,7H2,1H3/t8-,9+,11+,12?/m1/s1. The molecule has 0 N–H and O–H groups in total. The van der Waals surface area contributed by atoms with Crippen LogP contribution in [0.5, 0.6) is 0 Å². The third kappa shape index (κ3) is 1.43. The van der Waals surface area contributed by atoms with Gasteiger partial charge in [0, 0.05) is 18.5 Å². The summed E-state index contributed by atoms with van der Waals surface area (Å²) in [5.41, 5.74) is 0. The molecule has 2 heterocycles. The maximum atomic E-state index is 11.9. The van der Waals surface area contributed by atoms with Crippen LogP contribution in [0.2, 0.25) is 0 Å². The molecule has 92 valence electrons. The molecule has 0 aromatic rings. The van der Waals surface area contributed by atoms with Crippen LogP contribution in [-0.4, -0.2) is 36.0 Å². The Morgan fingerprint density at radius 2 is 2.41 bits per heavy atom. The summed E-state index contributed by atoms with van der Waals surface area (Å²) in [6, 6.07) is 0.260. The van der Waals surface area contributed by atoms with E-state index >= 15 is 0 Å². The molecule has 0 aromatic heterocycles. The number of rotatable bonds is 2. The zero-order valence-electron chi connectivity index (χ0n) is 9.96. The van der Waals surface area contributed by atoms with Crippen LogP contribution in [0, 0.1) is 17.8 Å². The Labute approximate surface area is 101 Å². The third-order valence-corrected chi connectivity index (χ3v) is 4.31. The van der Waals surface area contributed by atoms with Crippen molar-refractivity contribution >= 4 is 11.9 Å². The van der Waals surface area contributed by atoms with Crippen LogP contribution in [0.25, 0.3) is 0 Å². The van der Waals surface area contributed by atoms with E-state index in [-0.39, 0.29) is 29.8 Å². The van der Waals surface area contributed by atoms with Crippen molar-refractivity contribution in [2.45, 2.75) is 25.8 Å². The van der Waals surface area contributed by atoms with E-state index in [2.05, 4.69) is 0 Å². The van der Waals surface area contributed by atoms with E-state index in [1.54, 1.807) is 6.08 Å². The summed E-state index contributed by atoms with van der Waals surface area (Å²) in [4.78, 5) is 25.6. The Bertz CT molecular complexity index is 390. The number of carbonyl (C=O) groups excluding carboxylic acids is 2. The smallest absolute Gasteiger partial charge is 0.309 e. The predicted molar refractivity (Wildman–Crippen MR) is 61.0 cm³/mol. The van der Waals surface area contributed by atoms with E-state index in [4.69, 9.17) is 4.74 Å². The molecule has 3 aliphatic rings. The first kappa shape index (κ1) is 10.8. The fourth-order valence-corrected chi connectivity index (χ4v) is 3.64. The van der Waals surface area contributed by atoms with Gasteiger partial charge in [0.2, 0.25) is 5.91 Å². The molecular weight excluding hydrogens is 218 g/mol. The molecule has 4 atom stereocenters. The summed E-state index contributed by atoms with van der Waals surface area (Å²) < 4.78 is 5.14. The van der Waals surface area contributed by atoms with E-state index in [0.29, 0.717) is 12.5 Å². The lowest BCUT2D eigenvalue weighted by Crippen LogP contribution is -2.66. The molecule has 3 rings (SSSR count). The van der Waals surface area contributed by atoms with Crippen LogP contribution in [0.4, 0.5) is 0 Å². The average molecular weight is 235 g/mol. The van der Waals surface area contributed by atoms with Crippen molar-refractivity contribution in [1.82, 2.24) is 4.90 Å². The van der Waals surface area contributed by atoms with Gasteiger partial charge in [-0.2, -0.15) is 0 Å². The minimum Gasteiger partial charge on any atom is -0.466 e. The molecule has 1 aliphatic carbocycles. The highest BCUT2D eigenvalue weighted by atomic mass is 16.5.